The SMILES string of the molecule is O=C(C(Sc1ccccc1)=P(c1ccccc1)(c1ccccc1)c1ccccc1)c1ccccc1. The lowest BCUT2D eigenvalue weighted by Crippen LogP contribution is -2.32. The predicted octanol–water partition coefficient (Wildman–Crippen LogP) is 6.79. The van der Waals surface area contributed by atoms with Crippen LogP contribution < -0.4 is 15.9 Å². The summed E-state index contributed by atoms with van der Waals surface area (Å²) >= 11 is 1.60. The molecule has 35 heavy (non-hydrogen) atoms. The molecule has 0 aliphatic heterocycles. The molecule has 170 valence electrons. The van der Waals surface area contributed by atoms with Gasteiger partial charge in [0, 0.05) is 10.5 Å². The van der Waals surface area contributed by atoms with Crippen LogP contribution >= 0.6 is 18.6 Å². The molecule has 0 saturated heterocycles. The maximum atomic E-state index is 14.5. The van der Waals surface area contributed by atoms with Crippen LogP contribution in [0.15, 0.2) is 157 Å². The lowest BCUT2D eigenvalue weighted by Gasteiger charge is -2.32. The molecule has 0 radical (unpaired) electrons. The van der Waals surface area contributed by atoms with Gasteiger partial charge in [0.15, 0.2) is 0 Å². The first kappa shape index (κ1) is 23.2. The van der Waals surface area contributed by atoms with E-state index >= 15 is 0 Å². The Balaban J connectivity index is 1.97. The summed E-state index contributed by atoms with van der Waals surface area (Å²) in [6.07, 6.45) is 0. The molecular formula is C32H25OPS. The Kier molecular flexibility index (Phi) is 7.14. The molecule has 5 rings (SSSR count). The Hall–Kier alpha value is -3.58. The molecule has 0 aliphatic rings. The highest BCUT2D eigenvalue weighted by Gasteiger charge is 2.34. The quantitative estimate of drug-likeness (QED) is 0.143. The molecule has 0 bridgehead atoms. The van der Waals surface area contributed by atoms with E-state index in [0.29, 0.717) is 5.56 Å². The van der Waals surface area contributed by atoms with Crippen LogP contribution in [0.25, 0.3) is 0 Å². The highest BCUT2D eigenvalue weighted by Crippen LogP contribution is 2.50. The number of benzene rings is 5. The number of ketones is 1. The smallest absolute Gasteiger partial charge is 0.200 e. The van der Waals surface area contributed by atoms with Crippen molar-refractivity contribution in [3.8, 4) is 0 Å². The molecule has 0 N–H and O–H groups in total. The average Bonchev–Trinajstić information content (AvgIpc) is 2.95. The van der Waals surface area contributed by atoms with E-state index < -0.39 is 6.89 Å². The first-order valence-electron chi connectivity index (χ1n) is 11.6. The van der Waals surface area contributed by atoms with E-state index in [0.717, 1.165) is 9.52 Å². The molecule has 5 aromatic rings. The van der Waals surface area contributed by atoms with Crippen molar-refractivity contribution < 1.29 is 4.79 Å². The highest BCUT2D eigenvalue weighted by atomic mass is 32.2. The van der Waals surface area contributed by atoms with E-state index in [4.69, 9.17) is 0 Å². The maximum Gasteiger partial charge on any atom is 0.200 e. The summed E-state index contributed by atoms with van der Waals surface area (Å²) in [6, 6.07) is 51.5. The van der Waals surface area contributed by atoms with Gasteiger partial charge in [0.05, 0.1) is 4.63 Å². The van der Waals surface area contributed by atoms with Crippen LogP contribution in [0, 0.1) is 0 Å². The van der Waals surface area contributed by atoms with Gasteiger partial charge in [-0.05, 0) is 34.9 Å². The first-order valence-corrected chi connectivity index (χ1v) is 14.2. The summed E-state index contributed by atoms with van der Waals surface area (Å²) < 4.78 is 0.860. The standard InChI is InChI=1S/C32H25OPS/c33-31(26-16-6-1-7-17-26)32(35-30-24-14-5-15-25-30)34(27-18-8-2-9-19-27,28-20-10-3-11-21-28)29-22-12-4-13-23-29/h1-25H. The third-order valence-electron chi connectivity index (χ3n) is 5.92. The van der Waals surface area contributed by atoms with Gasteiger partial charge in [0.2, 0.25) is 5.78 Å². The van der Waals surface area contributed by atoms with E-state index in [1.165, 1.54) is 15.9 Å². The number of Topliss-reactive ketones (excluding diaryl/α,β-unsaturated/α-hetero) is 1. The van der Waals surface area contributed by atoms with E-state index in [1.807, 2.05) is 66.7 Å². The van der Waals surface area contributed by atoms with Crippen LogP contribution in [-0.4, -0.2) is 10.4 Å². The fourth-order valence-electron chi connectivity index (χ4n) is 4.33. The Morgan fingerprint density at radius 2 is 0.800 bits per heavy atom. The lowest BCUT2D eigenvalue weighted by molar-refractivity contribution is 0.107. The lowest BCUT2D eigenvalue weighted by atomic mass is 10.1. The van der Waals surface area contributed by atoms with Gasteiger partial charge in [-0.2, -0.15) is 0 Å². The minimum absolute atomic E-state index is 0.0735. The fourth-order valence-corrected chi connectivity index (χ4v) is 10.8. The number of hydrogen-bond acceptors (Lipinski definition) is 2. The maximum absolute atomic E-state index is 14.5. The monoisotopic (exact) mass is 488 g/mol. The van der Waals surface area contributed by atoms with Crippen molar-refractivity contribution in [2.24, 2.45) is 0 Å². The molecule has 3 heteroatoms. The second-order valence-corrected chi connectivity index (χ2v) is 12.8. The van der Waals surface area contributed by atoms with Crippen LogP contribution in [-0.2, 0) is 0 Å². The van der Waals surface area contributed by atoms with E-state index in [2.05, 4.69) is 84.9 Å². The topological polar surface area (TPSA) is 17.1 Å². The van der Waals surface area contributed by atoms with Crippen molar-refractivity contribution in [3.63, 3.8) is 0 Å². The zero-order valence-electron chi connectivity index (χ0n) is 19.2. The molecule has 0 fully saturated rings. The van der Waals surface area contributed by atoms with Crippen molar-refractivity contribution >= 4 is 45.0 Å². The molecule has 0 unspecified atom stereocenters. The fraction of sp³-hybridized carbons (Fsp3) is 0. The largest absolute Gasteiger partial charge is 0.288 e. The average molecular weight is 489 g/mol. The molecule has 5 aromatic carbocycles. The van der Waals surface area contributed by atoms with Crippen molar-refractivity contribution in [2.45, 2.75) is 4.90 Å². The summed E-state index contributed by atoms with van der Waals surface area (Å²) in [5.41, 5.74) is 0.707. The van der Waals surface area contributed by atoms with Crippen molar-refractivity contribution in [1.29, 1.82) is 0 Å². The van der Waals surface area contributed by atoms with Crippen molar-refractivity contribution in [2.75, 3.05) is 0 Å². The number of hydrogen-bond donors (Lipinski definition) is 0. The summed E-state index contributed by atoms with van der Waals surface area (Å²) in [7, 11) is 0. The van der Waals surface area contributed by atoms with Crippen LogP contribution in [0.1, 0.15) is 10.4 Å². The second kappa shape index (κ2) is 10.8. The van der Waals surface area contributed by atoms with Gasteiger partial charge >= 0.3 is 0 Å². The number of thioether (sulfide) groups is 1. The van der Waals surface area contributed by atoms with Crippen LogP contribution in [0.2, 0.25) is 0 Å². The van der Waals surface area contributed by atoms with Crippen molar-refractivity contribution in [1.82, 2.24) is 0 Å². The van der Waals surface area contributed by atoms with Gasteiger partial charge in [-0.25, -0.2) is 0 Å². The summed E-state index contributed by atoms with van der Waals surface area (Å²) in [5.74, 6) is 0.0735. The van der Waals surface area contributed by atoms with Gasteiger partial charge in [0.25, 0.3) is 0 Å². The minimum atomic E-state index is -2.52. The Labute approximate surface area is 211 Å². The zero-order valence-corrected chi connectivity index (χ0v) is 20.9. The highest BCUT2D eigenvalue weighted by molar-refractivity contribution is 8.27. The van der Waals surface area contributed by atoms with E-state index in [1.54, 1.807) is 11.8 Å². The molecule has 0 aromatic heterocycles. The molecule has 0 amide bonds. The summed E-state index contributed by atoms with van der Waals surface area (Å²) in [4.78, 5) is 15.5. The third kappa shape index (κ3) is 4.68. The van der Waals surface area contributed by atoms with Gasteiger partial charge < -0.3 is 0 Å². The first-order chi connectivity index (χ1) is 17.3. The van der Waals surface area contributed by atoms with Crippen LogP contribution in [0.4, 0.5) is 0 Å². The summed E-state index contributed by atoms with van der Waals surface area (Å²) in [5, 5.41) is 3.50. The number of carbonyl (C=O) groups excluding carboxylic acids is 1. The van der Waals surface area contributed by atoms with Crippen LogP contribution in [0.5, 0.6) is 0 Å². The normalized spacial score (nSPS) is 11.1. The second-order valence-electron chi connectivity index (χ2n) is 8.09. The molecule has 1 nitrogen and oxygen atoms in total. The number of rotatable bonds is 7. The molecule has 0 saturated carbocycles. The molecule has 0 aliphatic carbocycles. The Bertz CT molecular complexity index is 1350. The van der Waals surface area contributed by atoms with Gasteiger partial charge in [-0.15, -0.1) is 0 Å². The Morgan fingerprint density at radius 3 is 1.20 bits per heavy atom. The minimum Gasteiger partial charge on any atom is -0.288 e. The van der Waals surface area contributed by atoms with Gasteiger partial charge in [-0.3, -0.25) is 4.79 Å². The predicted molar refractivity (Wildman–Crippen MR) is 153 cm³/mol. The molecule has 0 atom stereocenters. The zero-order chi connectivity index (χ0) is 23.9. The van der Waals surface area contributed by atoms with Crippen LogP contribution in [0.3, 0.4) is 0 Å². The summed E-state index contributed by atoms with van der Waals surface area (Å²) in [6.45, 7) is -2.52. The Morgan fingerprint density at radius 1 is 0.457 bits per heavy atom. The van der Waals surface area contributed by atoms with Gasteiger partial charge in [-0.1, -0.05) is 151 Å². The van der Waals surface area contributed by atoms with E-state index in [9.17, 15) is 4.79 Å². The molecule has 0 spiro atoms. The third-order valence-corrected chi connectivity index (χ3v) is 11.9. The number of carbonyl (C=O) groups is 1. The van der Waals surface area contributed by atoms with Crippen molar-refractivity contribution in [3.05, 3.63) is 157 Å². The van der Waals surface area contributed by atoms with Gasteiger partial charge in [0.1, 0.15) is 0 Å². The molecular weight excluding hydrogens is 463 g/mol. The molecule has 0 heterocycles. The van der Waals surface area contributed by atoms with E-state index in [-0.39, 0.29) is 5.78 Å².